The number of carbonyl (C=O) groups is 2. The molecule has 3 rings (SSSR count). The summed E-state index contributed by atoms with van der Waals surface area (Å²) in [6, 6.07) is 6.47. The highest BCUT2D eigenvalue weighted by atomic mass is 32.2. The third-order valence-corrected chi connectivity index (χ3v) is 6.09. The molecule has 0 saturated carbocycles. The molecule has 0 bridgehead atoms. The Kier molecular flexibility index (Phi) is 4.82. The summed E-state index contributed by atoms with van der Waals surface area (Å²) in [6.07, 6.45) is 3.31. The molecule has 8 nitrogen and oxygen atoms in total. The second-order valence-electron chi connectivity index (χ2n) is 6.31. The molecule has 2 aromatic rings. The lowest BCUT2D eigenvalue weighted by molar-refractivity contribution is -0.120. The first-order valence-electron chi connectivity index (χ1n) is 8.20. The third kappa shape index (κ3) is 3.77. The summed E-state index contributed by atoms with van der Waals surface area (Å²) in [5.41, 5.74) is 7.31. The second-order valence-corrected chi connectivity index (χ2v) is 8.62. The molecule has 1 aromatic carbocycles. The zero-order valence-corrected chi connectivity index (χ0v) is 15.1. The van der Waals surface area contributed by atoms with E-state index < -0.39 is 21.8 Å². The maximum absolute atomic E-state index is 12.6. The van der Waals surface area contributed by atoms with E-state index in [-0.39, 0.29) is 30.5 Å². The number of nitrogens with two attached hydrogens (primary N) is 1. The van der Waals surface area contributed by atoms with Crippen LogP contribution in [0.5, 0.6) is 0 Å². The van der Waals surface area contributed by atoms with Crippen molar-refractivity contribution in [1.82, 2.24) is 14.7 Å². The van der Waals surface area contributed by atoms with Crippen LogP contribution in [0.15, 0.2) is 36.7 Å². The summed E-state index contributed by atoms with van der Waals surface area (Å²) >= 11 is 0. The topological polar surface area (TPSA) is 115 Å². The second kappa shape index (κ2) is 6.91. The van der Waals surface area contributed by atoms with Gasteiger partial charge >= 0.3 is 0 Å². The van der Waals surface area contributed by atoms with Gasteiger partial charge in [0.25, 0.3) is 5.91 Å². The standard InChI is InChI=1S/C17H20N4O4S/c1-12(16(18)22)21-11-15(10-19-21)13-3-2-4-14(9-13)17(23)20-5-7-26(24,25)8-6-20/h2-4,9-12H,5-8H2,1H3,(H2,18,22). The molecular formula is C17H20N4O4S. The average molecular weight is 376 g/mol. The Balaban J connectivity index is 1.80. The molecule has 2 heterocycles. The number of amides is 2. The van der Waals surface area contributed by atoms with Crippen LogP contribution in [0, 0.1) is 0 Å². The molecule has 138 valence electrons. The Morgan fingerprint density at radius 3 is 2.54 bits per heavy atom. The molecular weight excluding hydrogens is 356 g/mol. The zero-order valence-electron chi connectivity index (χ0n) is 14.3. The molecule has 0 spiro atoms. The Labute approximate surface area is 151 Å². The van der Waals surface area contributed by atoms with Crippen molar-refractivity contribution < 1.29 is 18.0 Å². The van der Waals surface area contributed by atoms with Crippen LogP contribution in [0.1, 0.15) is 23.3 Å². The lowest BCUT2D eigenvalue weighted by atomic mass is 10.1. The van der Waals surface area contributed by atoms with Gasteiger partial charge in [-0.05, 0) is 24.6 Å². The highest BCUT2D eigenvalue weighted by Gasteiger charge is 2.25. The van der Waals surface area contributed by atoms with Crippen molar-refractivity contribution in [2.75, 3.05) is 24.6 Å². The first kappa shape index (κ1) is 18.1. The minimum Gasteiger partial charge on any atom is -0.368 e. The van der Waals surface area contributed by atoms with Gasteiger partial charge in [-0.25, -0.2) is 8.42 Å². The number of hydrogen-bond acceptors (Lipinski definition) is 5. The Bertz CT molecular complexity index is 937. The predicted octanol–water partition coefficient (Wildman–Crippen LogP) is 0.467. The first-order chi connectivity index (χ1) is 12.3. The lowest BCUT2D eigenvalue weighted by Crippen LogP contribution is -2.43. The van der Waals surface area contributed by atoms with E-state index in [1.807, 2.05) is 6.07 Å². The number of primary amides is 1. The molecule has 0 aliphatic carbocycles. The molecule has 2 N–H and O–H groups in total. The number of nitrogens with zero attached hydrogens (tertiary/aromatic N) is 3. The maximum Gasteiger partial charge on any atom is 0.253 e. The summed E-state index contributed by atoms with van der Waals surface area (Å²) in [6.45, 7) is 2.07. The predicted molar refractivity (Wildman–Crippen MR) is 96.1 cm³/mol. The van der Waals surface area contributed by atoms with Gasteiger partial charge in [-0.15, -0.1) is 0 Å². The van der Waals surface area contributed by atoms with E-state index in [4.69, 9.17) is 5.73 Å². The van der Waals surface area contributed by atoms with E-state index in [9.17, 15) is 18.0 Å². The Hall–Kier alpha value is -2.68. The number of benzene rings is 1. The van der Waals surface area contributed by atoms with Crippen molar-refractivity contribution in [1.29, 1.82) is 0 Å². The van der Waals surface area contributed by atoms with Gasteiger partial charge < -0.3 is 10.6 Å². The van der Waals surface area contributed by atoms with Gasteiger partial charge in [-0.1, -0.05) is 12.1 Å². The van der Waals surface area contributed by atoms with Gasteiger partial charge in [0.05, 0.1) is 17.7 Å². The van der Waals surface area contributed by atoms with E-state index in [0.717, 1.165) is 11.1 Å². The molecule has 1 aliphatic rings. The maximum atomic E-state index is 12.6. The summed E-state index contributed by atoms with van der Waals surface area (Å²) in [5, 5.41) is 4.15. The number of carbonyl (C=O) groups excluding carboxylic acids is 2. The van der Waals surface area contributed by atoms with Gasteiger partial charge in [-0.2, -0.15) is 5.10 Å². The molecule has 1 fully saturated rings. The molecule has 1 unspecified atom stereocenters. The van der Waals surface area contributed by atoms with Crippen LogP contribution in [0.3, 0.4) is 0 Å². The van der Waals surface area contributed by atoms with E-state index in [2.05, 4.69) is 5.10 Å². The highest BCUT2D eigenvalue weighted by molar-refractivity contribution is 7.91. The van der Waals surface area contributed by atoms with Crippen LogP contribution >= 0.6 is 0 Å². The molecule has 0 radical (unpaired) electrons. The largest absolute Gasteiger partial charge is 0.368 e. The number of rotatable bonds is 4. The molecule has 1 atom stereocenters. The normalized spacial score (nSPS) is 17.7. The van der Waals surface area contributed by atoms with Crippen molar-refractivity contribution in [3.8, 4) is 11.1 Å². The average Bonchev–Trinajstić information content (AvgIpc) is 3.10. The van der Waals surface area contributed by atoms with Crippen LogP contribution in [-0.4, -0.2) is 59.5 Å². The van der Waals surface area contributed by atoms with Gasteiger partial charge in [0.2, 0.25) is 5.91 Å². The van der Waals surface area contributed by atoms with Gasteiger partial charge in [0.15, 0.2) is 9.84 Å². The molecule has 1 aliphatic heterocycles. The SMILES string of the molecule is CC(C(N)=O)n1cc(-c2cccc(C(=O)N3CCS(=O)(=O)CC3)c2)cn1. The van der Waals surface area contributed by atoms with Gasteiger partial charge in [-0.3, -0.25) is 14.3 Å². The lowest BCUT2D eigenvalue weighted by Gasteiger charge is -2.26. The first-order valence-corrected chi connectivity index (χ1v) is 10.0. The van der Waals surface area contributed by atoms with Crippen molar-refractivity contribution in [2.24, 2.45) is 5.73 Å². The summed E-state index contributed by atoms with van der Waals surface area (Å²) in [7, 11) is -3.04. The Morgan fingerprint density at radius 2 is 1.88 bits per heavy atom. The fraction of sp³-hybridized carbons (Fsp3) is 0.353. The third-order valence-electron chi connectivity index (χ3n) is 4.48. The van der Waals surface area contributed by atoms with Crippen molar-refractivity contribution >= 4 is 21.7 Å². The molecule has 26 heavy (non-hydrogen) atoms. The minimum atomic E-state index is -3.04. The van der Waals surface area contributed by atoms with E-state index in [0.29, 0.717) is 5.56 Å². The fourth-order valence-corrected chi connectivity index (χ4v) is 3.96. The van der Waals surface area contributed by atoms with E-state index in [1.165, 1.54) is 4.68 Å². The van der Waals surface area contributed by atoms with Crippen LogP contribution in [-0.2, 0) is 14.6 Å². The number of hydrogen-bond donors (Lipinski definition) is 1. The number of aromatic nitrogens is 2. The van der Waals surface area contributed by atoms with E-state index >= 15 is 0 Å². The van der Waals surface area contributed by atoms with Gasteiger partial charge in [0, 0.05) is 30.4 Å². The van der Waals surface area contributed by atoms with Crippen molar-refractivity contribution in [3.05, 3.63) is 42.2 Å². The monoisotopic (exact) mass is 376 g/mol. The smallest absolute Gasteiger partial charge is 0.253 e. The molecule has 2 amide bonds. The summed E-state index contributed by atoms with van der Waals surface area (Å²) < 4.78 is 24.5. The van der Waals surface area contributed by atoms with Crippen LogP contribution in [0.25, 0.3) is 11.1 Å². The highest BCUT2D eigenvalue weighted by Crippen LogP contribution is 2.22. The van der Waals surface area contributed by atoms with Crippen LogP contribution in [0.2, 0.25) is 0 Å². The minimum absolute atomic E-state index is 0.00376. The molecule has 1 saturated heterocycles. The summed E-state index contributed by atoms with van der Waals surface area (Å²) in [4.78, 5) is 25.5. The van der Waals surface area contributed by atoms with Gasteiger partial charge in [0.1, 0.15) is 6.04 Å². The Morgan fingerprint density at radius 1 is 1.19 bits per heavy atom. The van der Waals surface area contributed by atoms with E-state index in [1.54, 1.807) is 42.4 Å². The van der Waals surface area contributed by atoms with Crippen LogP contribution in [0.4, 0.5) is 0 Å². The van der Waals surface area contributed by atoms with Crippen molar-refractivity contribution in [2.45, 2.75) is 13.0 Å². The summed E-state index contributed by atoms with van der Waals surface area (Å²) in [5.74, 6) is -0.685. The quantitative estimate of drug-likeness (QED) is 0.833. The van der Waals surface area contributed by atoms with Crippen molar-refractivity contribution in [3.63, 3.8) is 0 Å². The van der Waals surface area contributed by atoms with Crippen LogP contribution < -0.4 is 5.73 Å². The molecule has 9 heteroatoms. The number of sulfone groups is 1. The zero-order chi connectivity index (χ0) is 18.9. The fourth-order valence-electron chi connectivity index (χ4n) is 2.76. The molecule has 1 aromatic heterocycles.